The van der Waals surface area contributed by atoms with Crippen molar-refractivity contribution in [2.24, 2.45) is 0 Å². The van der Waals surface area contributed by atoms with Gasteiger partial charge in [0.15, 0.2) is 9.84 Å². The Balaban J connectivity index is 3.02. The third-order valence-electron chi connectivity index (χ3n) is 2.81. The molecule has 6 heteroatoms. The predicted molar refractivity (Wildman–Crippen MR) is 69.7 cm³/mol. The van der Waals surface area contributed by atoms with Gasteiger partial charge in [0.05, 0.1) is 4.90 Å². The molecule has 18 heavy (non-hydrogen) atoms. The average molecular weight is 271 g/mol. The van der Waals surface area contributed by atoms with Gasteiger partial charge < -0.3 is 10.0 Å². The molecule has 0 saturated heterocycles. The molecule has 0 radical (unpaired) electrons. The molecule has 0 spiro atoms. The molecule has 1 atom stereocenters. The van der Waals surface area contributed by atoms with Crippen molar-refractivity contribution in [1.29, 1.82) is 0 Å². The van der Waals surface area contributed by atoms with E-state index in [1.165, 1.54) is 12.1 Å². The fraction of sp³-hybridized carbons (Fsp3) is 0.417. The molecular weight excluding hydrogens is 254 g/mol. The first kappa shape index (κ1) is 14.5. The molecule has 0 saturated carbocycles. The minimum atomic E-state index is -3.22. The van der Waals surface area contributed by atoms with Gasteiger partial charge in [-0.3, -0.25) is 0 Å². The molecule has 0 aromatic heterocycles. The first-order chi connectivity index (χ1) is 8.27. The van der Waals surface area contributed by atoms with Crippen molar-refractivity contribution in [3.05, 3.63) is 24.3 Å². The van der Waals surface area contributed by atoms with Crippen LogP contribution in [0.2, 0.25) is 0 Å². The molecule has 1 aromatic carbocycles. The molecule has 0 fully saturated rings. The average Bonchev–Trinajstić information content (AvgIpc) is 2.28. The molecule has 0 aliphatic heterocycles. The molecule has 1 unspecified atom stereocenters. The Labute approximate surface area is 107 Å². The Morgan fingerprint density at radius 3 is 2.17 bits per heavy atom. The standard InChI is InChI=1S/C12H17NO4S/c1-4-11(12(14)15)13(2)9-5-7-10(8-6-9)18(3,16)17/h5-8,11H,4H2,1-3H3,(H,14,15). The van der Waals surface area contributed by atoms with Gasteiger partial charge in [-0.2, -0.15) is 0 Å². The molecule has 1 rings (SSSR count). The molecule has 0 aliphatic rings. The third-order valence-corrected chi connectivity index (χ3v) is 3.94. The van der Waals surface area contributed by atoms with E-state index in [1.807, 2.05) is 0 Å². The molecule has 1 aromatic rings. The summed E-state index contributed by atoms with van der Waals surface area (Å²) in [4.78, 5) is 12.9. The van der Waals surface area contributed by atoms with Gasteiger partial charge in [0.25, 0.3) is 0 Å². The van der Waals surface area contributed by atoms with Crippen LogP contribution in [0, 0.1) is 0 Å². The summed E-state index contributed by atoms with van der Waals surface area (Å²) >= 11 is 0. The van der Waals surface area contributed by atoms with Crippen molar-refractivity contribution in [3.63, 3.8) is 0 Å². The van der Waals surface area contributed by atoms with Gasteiger partial charge in [-0.25, -0.2) is 13.2 Å². The molecule has 5 nitrogen and oxygen atoms in total. The van der Waals surface area contributed by atoms with E-state index >= 15 is 0 Å². The van der Waals surface area contributed by atoms with E-state index in [0.717, 1.165) is 6.26 Å². The second-order valence-corrected chi connectivity index (χ2v) is 6.15. The number of hydrogen-bond acceptors (Lipinski definition) is 4. The third kappa shape index (κ3) is 3.22. The van der Waals surface area contributed by atoms with Crippen LogP contribution in [0.5, 0.6) is 0 Å². The van der Waals surface area contributed by atoms with Crippen molar-refractivity contribution in [1.82, 2.24) is 0 Å². The van der Waals surface area contributed by atoms with Gasteiger partial charge in [0.2, 0.25) is 0 Å². The number of likely N-dealkylation sites (N-methyl/N-ethyl adjacent to an activating group) is 1. The number of nitrogens with zero attached hydrogens (tertiary/aromatic N) is 1. The number of carbonyl (C=O) groups is 1. The lowest BCUT2D eigenvalue weighted by atomic mass is 10.2. The highest BCUT2D eigenvalue weighted by Crippen LogP contribution is 2.19. The number of carboxylic acids is 1. The first-order valence-corrected chi connectivity index (χ1v) is 7.42. The Bertz CT molecular complexity index is 522. The number of sulfone groups is 1. The fourth-order valence-corrected chi connectivity index (χ4v) is 2.35. The lowest BCUT2D eigenvalue weighted by Gasteiger charge is -2.25. The number of hydrogen-bond donors (Lipinski definition) is 1. The van der Waals surface area contributed by atoms with Gasteiger partial charge in [0, 0.05) is 19.0 Å². The lowest BCUT2D eigenvalue weighted by Crippen LogP contribution is -2.37. The molecule has 0 heterocycles. The van der Waals surface area contributed by atoms with Gasteiger partial charge >= 0.3 is 5.97 Å². The zero-order chi connectivity index (χ0) is 13.9. The normalized spacial score (nSPS) is 13.1. The van der Waals surface area contributed by atoms with Crippen molar-refractivity contribution < 1.29 is 18.3 Å². The van der Waals surface area contributed by atoms with E-state index in [2.05, 4.69) is 0 Å². The number of aliphatic carboxylic acids is 1. The van der Waals surface area contributed by atoms with Crippen molar-refractivity contribution in [3.8, 4) is 0 Å². The number of anilines is 1. The van der Waals surface area contributed by atoms with Gasteiger partial charge in [-0.05, 0) is 30.7 Å². The molecule has 100 valence electrons. The molecule has 0 amide bonds. The van der Waals surface area contributed by atoms with Crippen LogP contribution < -0.4 is 4.90 Å². The van der Waals surface area contributed by atoms with Crippen molar-refractivity contribution in [2.45, 2.75) is 24.3 Å². The summed E-state index contributed by atoms with van der Waals surface area (Å²) in [5, 5.41) is 9.05. The zero-order valence-electron chi connectivity index (χ0n) is 10.6. The number of rotatable bonds is 5. The van der Waals surface area contributed by atoms with E-state index in [0.29, 0.717) is 12.1 Å². The minimum absolute atomic E-state index is 0.225. The Kier molecular flexibility index (Phi) is 4.34. The Hall–Kier alpha value is -1.56. The summed E-state index contributed by atoms with van der Waals surface area (Å²) in [5.41, 5.74) is 0.677. The summed E-state index contributed by atoms with van der Waals surface area (Å²) in [6.45, 7) is 1.79. The van der Waals surface area contributed by atoms with Crippen molar-refractivity contribution in [2.75, 3.05) is 18.2 Å². The van der Waals surface area contributed by atoms with Gasteiger partial charge in [0.1, 0.15) is 6.04 Å². The van der Waals surface area contributed by atoms with Crippen LogP contribution in [-0.2, 0) is 14.6 Å². The van der Waals surface area contributed by atoms with E-state index in [4.69, 9.17) is 5.11 Å². The maximum absolute atomic E-state index is 11.3. The zero-order valence-corrected chi connectivity index (χ0v) is 11.4. The highest BCUT2D eigenvalue weighted by Gasteiger charge is 2.20. The highest BCUT2D eigenvalue weighted by molar-refractivity contribution is 7.90. The summed E-state index contributed by atoms with van der Waals surface area (Å²) in [6.07, 6.45) is 1.61. The smallest absolute Gasteiger partial charge is 0.326 e. The molecule has 0 aliphatic carbocycles. The van der Waals surface area contributed by atoms with Crippen LogP contribution in [0.15, 0.2) is 29.2 Å². The number of carboxylic acid groups (broad SMARTS) is 1. The number of benzene rings is 1. The summed E-state index contributed by atoms with van der Waals surface area (Å²) in [6, 6.07) is 5.57. The van der Waals surface area contributed by atoms with Crippen LogP contribution in [0.4, 0.5) is 5.69 Å². The summed E-state index contributed by atoms with van der Waals surface area (Å²) in [5.74, 6) is -0.896. The van der Waals surface area contributed by atoms with E-state index in [1.54, 1.807) is 31.0 Å². The van der Waals surface area contributed by atoms with Crippen LogP contribution in [0.3, 0.4) is 0 Å². The van der Waals surface area contributed by atoms with Crippen LogP contribution in [-0.4, -0.2) is 38.8 Å². The second kappa shape index (κ2) is 5.39. The maximum Gasteiger partial charge on any atom is 0.326 e. The largest absolute Gasteiger partial charge is 0.480 e. The van der Waals surface area contributed by atoms with E-state index in [-0.39, 0.29) is 4.90 Å². The maximum atomic E-state index is 11.3. The monoisotopic (exact) mass is 271 g/mol. The van der Waals surface area contributed by atoms with Crippen LogP contribution in [0.1, 0.15) is 13.3 Å². The van der Waals surface area contributed by atoms with Gasteiger partial charge in [-0.15, -0.1) is 0 Å². The molecule has 0 bridgehead atoms. The molecule has 1 N–H and O–H groups in total. The van der Waals surface area contributed by atoms with Gasteiger partial charge in [-0.1, -0.05) is 6.92 Å². The predicted octanol–water partition coefficient (Wildman–Crippen LogP) is 1.39. The van der Waals surface area contributed by atoms with E-state index < -0.39 is 21.8 Å². The quantitative estimate of drug-likeness (QED) is 0.876. The minimum Gasteiger partial charge on any atom is -0.480 e. The summed E-state index contributed by atoms with van der Waals surface area (Å²) in [7, 11) is -1.54. The Morgan fingerprint density at radius 2 is 1.83 bits per heavy atom. The SMILES string of the molecule is CCC(C(=O)O)N(C)c1ccc(S(C)(=O)=O)cc1. The lowest BCUT2D eigenvalue weighted by molar-refractivity contribution is -0.138. The van der Waals surface area contributed by atoms with Crippen LogP contribution >= 0.6 is 0 Å². The second-order valence-electron chi connectivity index (χ2n) is 4.14. The summed E-state index contributed by atoms with van der Waals surface area (Å²) < 4.78 is 22.6. The fourth-order valence-electron chi connectivity index (χ4n) is 1.72. The topological polar surface area (TPSA) is 74.7 Å². The van der Waals surface area contributed by atoms with Crippen molar-refractivity contribution >= 4 is 21.5 Å². The van der Waals surface area contributed by atoms with Crippen LogP contribution in [0.25, 0.3) is 0 Å². The highest BCUT2D eigenvalue weighted by atomic mass is 32.2. The molecular formula is C12H17NO4S. The Morgan fingerprint density at radius 1 is 1.33 bits per heavy atom. The van der Waals surface area contributed by atoms with E-state index in [9.17, 15) is 13.2 Å². The first-order valence-electron chi connectivity index (χ1n) is 5.53.